The van der Waals surface area contributed by atoms with Gasteiger partial charge in [-0.3, -0.25) is 0 Å². The SMILES string of the molecule is CC1(C)OB(C(=Cc2ccc(/C=C/C(=O)O)cc2)CO)OC1(C)C. The van der Waals surface area contributed by atoms with Crippen LogP contribution in [0.4, 0.5) is 0 Å². The minimum Gasteiger partial charge on any atom is -0.478 e. The van der Waals surface area contributed by atoms with Gasteiger partial charge in [0.25, 0.3) is 0 Å². The molecule has 0 unspecified atom stereocenters. The molecule has 1 saturated heterocycles. The molecule has 0 atom stereocenters. The maximum atomic E-state index is 10.5. The molecule has 1 aromatic carbocycles. The Labute approximate surface area is 142 Å². The van der Waals surface area contributed by atoms with Crippen LogP contribution in [0, 0.1) is 0 Å². The minimum absolute atomic E-state index is 0.169. The Morgan fingerprint density at radius 1 is 1.08 bits per heavy atom. The number of carboxylic acids is 1. The zero-order valence-electron chi connectivity index (χ0n) is 14.4. The van der Waals surface area contributed by atoms with Crippen molar-refractivity contribution in [2.24, 2.45) is 0 Å². The summed E-state index contributed by atoms with van der Waals surface area (Å²) in [5.41, 5.74) is 1.38. The lowest BCUT2D eigenvalue weighted by Gasteiger charge is -2.32. The van der Waals surface area contributed by atoms with E-state index in [9.17, 15) is 9.90 Å². The number of hydrogen-bond acceptors (Lipinski definition) is 4. The Morgan fingerprint density at radius 3 is 2.04 bits per heavy atom. The van der Waals surface area contributed by atoms with Gasteiger partial charge in [0.1, 0.15) is 0 Å². The van der Waals surface area contributed by atoms with E-state index in [4.69, 9.17) is 14.4 Å². The molecule has 0 aliphatic carbocycles. The van der Waals surface area contributed by atoms with Crippen molar-refractivity contribution in [1.82, 2.24) is 0 Å². The molecule has 1 aliphatic rings. The van der Waals surface area contributed by atoms with Gasteiger partial charge in [-0.25, -0.2) is 4.79 Å². The quantitative estimate of drug-likeness (QED) is 0.641. The molecule has 1 heterocycles. The molecule has 0 bridgehead atoms. The standard InChI is InChI=1S/C18H23BO5/c1-17(2)18(3,4)24-19(23-17)15(12-20)11-14-7-5-13(6-8-14)9-10-16(21)22/h5-11,20H,12H2,1-4H3,(H,21,22)/b10-9+,15-11?. The van der Waals surface area contributed by atoms with Crippen molar-refractivity contribution >= 4 is 25.2 Å². The number of benzene rings is 1. The van der Waals surface area contributed by atoms with Gasteiger partial charge < -0.3 is 19.5 Å². The average Bonchev–Trinajstić information content (AvgIpc) is 2.72. The highest BCUT2D eigenvalue weighted by Crippen LogP contribution is 2.38. The van der Waals surface area contributed by atoms with Gasteiger partial charge >= 0.3 is 13.1 Å². The van der Waals surface area contributed by atoms with E-state index in [1.165, 1.54) is 6.08 Å². The lowest BCUT2D eigenvalue weighted by molar-refractivity contribution is -0.131. The van der Waals surface area contributed by atoms with E-state index in [-0.39, 0.29) is 6.61 Å². The first kappa shape index (κ1) is 18.5. The molecule has 0 saturated carbocycles. The predicted octanol–water partition coefficient (Wildman–Crippen LogP) is 2.79. The zero-order valence-corrected chi connectivity index (χ0v) is 14.4. The van der Waals surface area contributed by atoms with Gasteiger partial charge in [0.2, 0.25) is 0 Å². The summed E-state index contributed by atoms with van der Waals surface area (Å²) in [6, 6.07) is 7.32. The predicted molar refractivity (Wildman–Crippen MR) is 94.3 cm³/mol. The molecule has 1 fully saturated rings. The fraction of sp³-hybridized carbons (Fsp3) is 0.389. The highest BCUT2D eigenvalue weighted by Gasteiger charge is 2.52. The maximum absolute atomic E-state index is 10.5. The summed E-state index contributed by atoms with van der Waals surface area (Å²) in [6.07, 6.45) is 4.44. The Kier molecular flexibility index (Phi) is 5.33. The minimum atomic E-state index is -0.984. The molecule has 2 N–H and O–H groups in total. The summed E-state index contributed by atoms with van der Waals surface area (Å²) in [6.45, 7) is 7.69. The highest BCUT2D eigenvalue weighted by atomic mass is 16.7. The number of carbonyl (C=O) groups is 1. The smallest absolute Gasteiger partial charge is 0.478 e. The van der Waals surface area contributed by atoms with Crippen molar-refractivity contribution in [1.29, 1.82) is 0 Å². The number of carboxylic acid groups (broad SMARTS) is 1. The molecule has 0 aromatic heterocycles. The molecule has 1 aromatic rings. The molecule has 24 heavy (non-hydrogen) atoms. The first-order chi connectivity index (χ1) is 11.1. The van der Waals surface area contributed by atoms with Crippen LogP contribution in [0.1, 0.15) is 38.8 Å². The Morgan fingerprint density at radius 2 is 1.58 bits per heavy atom. The third-order valence-corrected chi connectivity index (χ3v) is 4.45. The van der Waals surface area contributed by atoms with Gasteiger partial charge in [0.05, 0.1) is 17.8 Å². The lowest BCUT2D eigenvalue weighted by Crippen LogP contribution is -2.41. The van der Waals surface area contributed by atoms with E-state index in [1.807, 2.05) is 58.0 Å². The molecular weight excluding hydrogens is 307 g/mol. The average molecular weight is 330 g/mol. The van der Waals surface area contributed by atoms with Crippen LogP contribution in [0.2, 0.25) is 0 Å². The number of aliphatic hydroxyl groups excluding tert-OH is 1. The van der Waals surface area contributed by atoms with Crippen molar-refractivity contribution in [3.63, 3.8) is 0 Å². The fourth-order valence-corrected chi connectivity index (χ4v) is 2.27. The second-order valence-corrected chi connectivity index (χ2v) is 6.80. The van der Waals surface area contributed by atoms with Crippen molar-refractivity contribution in [3.05, 3.63) is 46.9 Å². The summed E-state index contributed by atoms with van der Waals surface area (Å²) in [5.74, 6) is -0.984. The van der Waals surface area contributed by atoms with Gasteiger partial charge in [-0.2, -0.15) is 0 Å². The van der Waals surface area contributed by atoms with Gasteiger partial charge in [0.15, 0.2) is 0 Å². The van der Waals surface area contributed by atoms with Crippen molar-refractivity contribution in [2.45, 2.75) is 38.9 Å². The van der Waals surface area contributed by atoms with Crippen LogP contribution >= 0.6 is 0 Å². The Balaban J connectivity index is 2.18. The number of aliphatic hydroxyl groups is 1. The van der Waals surface area contributed by atoms with Gasteiger partial charge in [0, 0.05) is 6.08 Å². The monoisotopic (exact) mass is 330 g/mol. The van der Waals surface area contributed by atoms with E-state index < -0.39 is 24.3 Å². The topological polar surface area (TPSA) is 76.0 Å². The number of aliphatic carboxylic acids is 1. The maximum Gasteiger partial charge on any atom is 0.492 e. The van der Waals surface area contributed by atoms with E-state index in [1.54, 1.807) is 0 Å². The molecule has 128 valence electrons. The first-order valence-electron chi connectivity index (χ1n) is 7.83. The highest BCUT2D eigenvalue weighted by molar-refractivity contribution is 6.55. The van der Waals surface area contributed by atoms with Gasteiger partial charge in [-0.05, 0) is 50.4 Å². The Bertz CT molecular complexity index is 642. The third kappa shape index (κ3) is 4.14. The molecule has 1 aliphatic heterocycles. The lowest BCUT2D eigenvalue weighted by atomic mass is 9.77. The summed E-state index contributed by atoms with van der Waals surface area (Å²) >= 11 is 0. The normalized spacial score (nSPS) is 19.9. The van der Waals surface area contributed by atoms with Crippen LogP contribution in [0.25, 0.3) is 12.2 Å². The van der Waals surface area contributed by atoms with E-state index in [0.29, 0.717) is 5.47 Å². The Hall–Kier alpha value is -1.89. The van der Waals surface area contributed by atoms with E-state index in [0.717, 1.165) is 17.2 Å². The van der Waals surface area contributed by atoms with Crippen LogP contribution in [0.5, 0.6) is 0 Å². The van der Waals surface area contributed by atoms with Gasteiger partial charge in [-0.1, -0.05) is 30.3 Å². The fourth-order valence-electron chi connectivity index (χ4n) is 2.27. The van der Waals surface area contributed by atoms with E-state index >= 15 is 0 Å². The van der Waals surface area contributed by atoms with E-state index in [2.05, 4.69) is 0 Å². The molecule has 0 radical (unpaired) electrons. The summed E-state index contributed by atoms with van der Waals surface area (Å²) in [4.78, 5) is 10.5. The molecule has 6 heteroatoms. The number of hydrogen-bond donors (Lipinski definition) is 2. The second kappa shape index (κ2) is 6.93. The first-order valence-corrected chi connectivity index (χ1v) is 7.83. The zero-order chi connectivity index (χ0) is 18.0. The molecular formula is C18H23BO5. The molecule has 5 nitrogen and oxygen atoms in total. The van der Waals surface area contributed by atoms with Crippen LogP contribution < -0.4 is 0 Å². The summed E-state index contributed by atoms with van der Waals surface area (Å²) in [5, 5.41) is 18.3. The van der Waals surface area contributed by atoms with Crippen molar-refractivity contribution in [2.75, 3.05) is 6.61 Å². The van der Waals surface area contributed by atoms with Crippen molar-refractivity contribution in [3.8, 4) is 0 Å². The molecule has 2 rings (SSSR count). The van der Waals surface area contributed by atoms with Crippen LogP contribution in [0.3, 0.4) is 0 Å². The van der Waals surface area contributed by atoms with Crippen LogP contribution in [-0.4, -0.2) is 41.1 Å². The molecule has 0 spiro atoms. The summed E-state index contributed by atoms with van der Waals surface area (Å²) in [7, 11) is -0.591. The summed E-state index contributed by atoms with van der Waals surface area (Å²) < 4.78 is 11.9. The number of rotatable bonds is 5. The van der Waals surface area contributed by atoms with Gasteiger partial charge in [-0.15, -0.1) is 0 Å². The van der Waals surface area contributed by atoms with Crippen LogP contribution in [-0.2, 0) is 14.1 Å². The van der Waals surface area contributed by atoms with Crippen LogP contribution in [0.15, 0.2) is 35.8 Å². The largest absolute Gasteiger partial charge is 0.492 e. The molecule has 0 amide bonds. The third-order valence-electron chi connectivity index (χ3n) is 4.45. The van der Waals surface area contributed by atoms with Crippen molar-refractivity contribution < 1.29 is 24.3 Å². The second-order valence-electron chi connectivity index (χ2n) is 6.80.